The van der Waals surface area contributed by atoms with Crippen molar-refractivity contribution in [2.75, 3.05) is 25.0 Å². The Kier molecular flexibility index (Phi) is 3.47. The number of thiazole rings is 1. The van der Waals surface area contributed by atoms with E-state index in [-0.39, 0.29) is 6.03 Å². The van der Waals surface area contributed by atoms with Crippen LogP contribution in [0.5, 0.6) is 0 Å². The van der Waals surface area contributed by atoms with Crippen LogP contribution in [0.1, 0.15) is 19.3 Å². The van der Waals surface area contributed by atoms with Gasteiger partial charge in [0.25, 0.3) is 0 Å². The summed E-state index contributed by atoms with van der Waals surface area (Å²) in [5.74, 6) is 0.604. The van der Waals surface area contributed by atoms with Gasteiger partial charge in [0.2, 0.25) is 0 Å². The van der Waals surface area contributed by atoms with Crippen LogP contribution in [0.25, 0.3) is 0 Å². The first-order valence-corrected chi connectivity index (χ1v) is 7.37. The van der Waals surface area contributed by atoms with Gasteiger partial charge in [0, 0.05) is 30.7 Å². The molecule has 3 rings (SSSR count). The second-order valence-electron chi connectivity index (χ2n) is 5.05. The molecule has 1 aliphatic heterocycles. The SMILES string of the molecule is O=C(NC[C@@H]1CCN(C2CC2)C1)Nc1nccs1. The van der Waals surface area contributed by atoms with Crippen LogP contribution in [0.2, 0.25) is 0 Å². The van der Waals surface area contributed by atoms with Gasteiger partial charge in [0.15, 0.2) is 5.13 Å². The van der Waals surface area contributed by atoms with Crippen LogP contribution in [0.4, 0.5) is 9.93 Å². The number of carbonyl (C=O) groups excluding carboxylic acids is 1. The first-order valence-electron chi connectivity index (χ1n) is 6.49. The summed E-state index contributed by atoms with van der Waals surface area (Å²) in [6, 6.07) is 0.703. The lowest BCUT2D eigenvalue weighted by molar-refractivity contribution is 0.249. The summed E-state index contributed by atoms with van der Waals surface area (Å²) in [5, 5.41) is 8.17. The Balaban J connectivity index is 1.37. The van der Waals surface area contributed by atoms with E-state index in [1.165, 1.54) is 37.1 Å². The first-order chi connectivity index (χ1) is 8.81. The molecule has 2 fully saturated rings. The molecule has 2 N–H and O–H groups in total. The third kappa shape index (κ3) is 3.00. The number of likely N-dealkylation sites (tertiary alicyclic amines) is 1. The lowest BCUT2D eigenvalue weighted by Gasteiger charge is -2.15. The van der Waals surface area contributed by atoms with Gasteiger partial charge in [-0.25, -0.2) is 9.78 Å². The zero-order valence-electron chi connectivity index (χ0n) is 10.3. The van der Waals surface area contributed by atoms with E-state index < -0.39 is 0 Å². The molecule has 1 saturated carbocycles. The number of urea groups is 1. The Morgan fingerprint density at radius 2 is 2.39 bits per heavy atom. The first kappa shape index (κ1) is 11.9. The summed E-state index contributed by atoms with van der Waals surface area (Å²) >= 11 is 1.43. The lowest BCUT2D eigenvalue weighted by Crippen LogP contribution is -2.34. The average Bonchev–Trinajstić information content (AvgIpc) is 2.90. The van der Waals surface area contributed by atoms with Crippen LogP contribution in [-0.4, -0.2) is 41.6 Å². The molecule has 1 aromatic heterocycles. The van der Waals surface area contributed by atoms with E-state index >= 15 is 0 Å². The summed E-state index contributed by atoms with van der Waals surface area (Å²) in [6.45, 7) is 3.10. The fourth-order valence-electron chi connectivity index (χ4n) is 2.46. The molecule has 1 aromatic rings. The normalized spacial score (nSPS) is 24.1. The van der Waals surface area contributed by atoms with Crippen LogP contribution in [0.3, 0.4) is 0 Å². The summed E-state index contributed by atoms with van der Waals surface area (Å²) in [4.78, 5) is 18.2. The molecule has 0 radical (unpaired) electrons. The van der Waals surface area contributed by atoms with Gasteiger partial charge in [-0.05, 0) is 31.7 Å². The Bertz CT molecular complexity index is 404. The largest absolute Gasteiger partial charge is 0.337 e. The molecule has 0 unspecified atom stereocenters. The fraction of sp³-hybridized carbons (Fsp3) is 0.667. The van der Waals surface area contributed by atoms with Gasteiger partial charge in [-0.15, -0.1) is 11.3 Å². The molecule has 5 nitrogen and oxygen atoms in total. The third-order valence-electron chi connectivity index (χ3n) is 3.58. The van der Waals surface area contributed by atoms with Crippen molar-refractivity contribution in [2.45, 2.75) is 25.3 Å². The minimum atomic E-state index is -0.144. The molecule has 2 aliphatic rings. The quantitative estimate of drug-likeness (QED) is 0.873. The van der Waals surface area contributed by atoms with E-state index in [0.29, 0.717) is 11.0 Å². The average molecular weight is 266 g/mol. The molecule has 0 spiro atoms. The molecule has 98 valence electrons. The van der Waals surface area contributed by atoms with Gasteiger partial charge in [-0.3, -0.25) is 5.32 Å². The molecule has 1 atom stereocenters. The number of nitrogens with one attached hydrogen (secondary N) is 2. The Labute approximate surface area is 111 Å². The highest BCUT2D eigenvalue weighted by Gasteiger charge is 2.34. The van der Waals surface area contributed by atoms with Crippen molar-refractivity contribution in [3.05, 3.63) is 11.6 Å². The zero-order chi connectivity index (χ0) is 12.4. The summed E-state index contributed by atoms with van der Waals surface area (Å²) in [5.41, 5.74) is 0. The molecular formula is C12H18N4OS. The molecule has 2 amide bonds. The van der Waals surface area contributed by atoms with Crippen LogP contribution in [0.15, 0.2) is 11.6 Å². The number of nitrogens with zero attached hydrogens (tertiary/aromatic N) is 2. The number of hydrogen-bond acceptors (Lipinski definition) is 4. The van der Waals surface area contributed by atoms with Crippen LogP contribution < -0.4 is 10.6 Å². The Morgan fingerprint density at radius 3 is 3.11 bits per heavy atom. The highest BCUT2D eigenvalue weighted by Crippen LogP contribution is 2.31. The number of carbonyl (C=O) groups is 1. The topological polar surface area (TPSA) is 57.3 Å². The number of rotatable bonds is 4. The summed E-state index contributed by atoms with van der Waals surface area (Å²) < 4.78 is 0. The van der Waals surface area contributed by atoms with Gasteiger partial charge in [0.1, 0.15) is 0 Å². The Hall–Kier alpha value is -1.14. The maximum Gasteiger partial charge on any atom is 0.321 e. The van der Waals surface area contributed by atoms with Crippen molar-refractivity contribution in [1.29, 1.82) is 0 Å². The predicted molar refractivity (Wildman–Crippen MR) is 71.8 cm³/mol. The van der Waals surface area contributed by atoms with E-state index in [4.69, 9.17) is 0 Å². The highest BCUT2D eigenvalue weighted by molar-refractivity contribution is 7.13. The van der Waals surface area contributed by atoms with E-state index in [1.54, 1.807) is 6.20 Å². The molecule has 1 saturated heterocycles. The van der Waals surface area contributed by atoms with Gasteiger partial charge in [-0.1, -0.05) is 0 Å². The van der Waals surface area contributed by atoms with Crippen molar-refractivity contribution in [3.8, 4) is 0 Å². The molecule has 0 aromatic carbocycles. The predicted octanol–water partition coefficient (Wildman–Crippen LogP) is 1.75. The molecule has 1 aliphatic carbocycles. The number of hydrogen-bond donors (Lipinski definition) is 2. The maximum atomic E-state index is 11.6. The van der Waals surface area contributed by atoms with Crippen LogP contribution >= 0.6 is 11.3 Å². The summed E-state index contributed by atoms with van der Waals surface area (Å²) in [6.07, 6.45) is 5.62. The second-order valence-corrected chi connectivity index (χ2v) is 5.95. The molecular weight excluding hydrogens is 248 g/mol. The minimum Gasteiger partial charge on any atom is -0.337 e. The number of anilines is 1. The van der Waals surface area contributed by atoms with Crippen molar-refractivity contribution < 1.29 is 4.79 Å². The van der Waals surface area contributed by atoms with E-state index in [2.05, 4.69) is 20.5 Å². The summed E-state index contributed by atoms with van der Waals surface area (Å²) in [7, 11) is 0. The standard InChI is InChI=1S/C12H18N4OS/c17-11(15-12-13-4-6-18-12)14-7-9-3-5-16(8-9)10-1-2-10/h4,6,9-10H,1-3,5,7-8H2,(H2,13,14,15,17)/t9-/m0/s1. The monoisotopic (exact) mass is 266 g/mol. The lowest BCUT2D eigenvalue weighted by atomic mass is 10.1. The molecule has 6 heteroatoms. The third-order valence-corrected chi connectivity index (χ3v) is 4.27. The molecule has 0 bridgehead atoms. The number of aromatic nitrogens is 1. The Morgan fingerprint density at radius 1 is 1.50 bits per heavy atom. The van der Waals surface area contributed by atoms with Gasteiger partial charge < -0.3 is 10.2 Å². The van der Waals surface area contributed by atoms with E-state index in [0.717, 1.165) is 19.1 Å². The molecule has 18 heavy (non-hydrogen) atoms. The van der Waals surface area contributed by atoms with Crippen molar-refractivity contribution in [3.63, 3.8) is 0 Å². The fourth-order valence-corrected chi connectivity index (χ4v) is 2.99. The van der Waals surface area contributed by atoms with Crippen LogP contribution in [0, 0.1) is 5.92 Å². The second kappa shape index (κ2) is 5.24. The number of amides is 2. The van der Waals surface area contributed by atoms with E-state index in [1.807, 2.05) is 5.38 Å². The van der Waals surface area contributed by atoms with Gasteiger partial charge >= 0.3 is 6.03 Å². The maximum absolute atomic E-state index is 11.6. The minimum absolute atomic E-state index is 0.144. The van der Waals surface area contributed by atoms with Crippen molar-refractivity contribution in [2.24, 2.45) is 5.92 Å². The van der Waals surface area contributed by atoms with Crippen molar-refractivity contribution >= 4 is 22.5 Å². The smallest absolute Gasteiger partial charge is 0.321 e. The zero-order valence-corrected chi connectivity index (χ0v) is 11.1. The van der Waals surface area contributed by atoms with E-state index in [9.17, 15) is 4.79 Å². The van der Waals surface area contributed by atoms with Crippen LogP contribution in [-0.2, 0) is 0 Å². The van der Waals surface area contributed by atoms with Crippen molar-refractivity contribution in [1.82, 2.24) is 15.2 Å². The molecule has 2 heterocycles. The van der Waals surface area contributed by atoms with Gasteiger partial charge in [-0.2, -0.15) is 0 Å². The van der Waals surface area contributed by atoms with Gasteiger partial charge in [0.05, 0.1) is 0 Å². The highest BCUT2D eigenvalue weighted by atomic mass is 32.1.